The SMILES string of the molecule is C=CCOC(=O)Oc1ccc2c(=O)c(Oc3cc(C)ccc3C)coc2c1. The van der Waals surface area contributed by atoms with Crippen LogP contribution in [-0.4, -0.2) is 12.8 Å². The van der Waals surface area contributed by atoms with Gasteiger partial charge in [-0.15, -0.1) is 0 Å². The summed E-state index contributed by atoms with van der Waals surface area (Å²) in [6.45, 7) is 7.32. The molecule has 138 valence electrons. The molecule has 3 aromatic rings. The van der Waals surface area contributed by atoms with Gasteiger partial charge in [-0.3, -0.25) is 4.79 Å². The fraction of sp³-hybridized carbons (Fsp3) is 0.143. The van der Waals surface area contributed by atoms with Crippen LogP contribution in [0.3, 0.4) is 0 Å². The zero-order chi connectivity index (χ0) is 19.4. The quantitative estimate of drug-likeness (QED) is 0.363. The molecule has 0 aliphatic heterocycles. The van der Waals surface area contributed by atoms with Crippen LogP contribution >= 0.6 is 0 Å². The Labute approximate surface area is 155 Å². The number of benzene rings is 2. The van der Waals surface area contributed by atoms with Gasteiger partial charge in [0.05, 0.1) is 5.39 Å². The number of hydrogen-bond acceptors (Lipinski definition) is 6. The summed E-state index contributed by atoms with van der Waals surface area (Å²) in [7, 11) is 0. The van der Waals surface area contributed by atoms with Crippen LogP contribution in [0.5, 0.6) is 17.2 Å². The summed E-state index contributed by atoms with van der Waals surface area (Å²) in [5.41, 5.74) is 1.87. The van der Waals surface area contributed by atoms with Crippen molar-refractivity contribution in [3.63, 3.8) is 0 Å². The number of aryl methyl sites for hydroxylation is 2. The molecule has 0 bridgehead atoms. The zero-order valence-electron chi connectivity index (χ0n) is 15.0. The Morgan fingerprint density at radius 3 is 2.74 bits per heavy atom. The van der Waals surface area contributed by atoms with Crippen molar-refractivity contribution in [2.75, 3.05) is 6.61 Å². The minimum absolute atomic E-state index is 0.0422. The first kappa shape index (κ1) is 18.3. The van der Waals surface area contributed by atoms with E-state index in [1.165, 1.54) is 30.5 Å². The van der Waals surface area contributed by atoms with Crippen molar-refractivity contribution in [2.45, 2.75) is 13.8 Å². The van der Waals surface area contributed by atoms with Crippen LogP contribution < -0.4 is 14.9 Å². The van der Waals surface area contributed by atoms with Gasteiger partial charge in [0.15, 0.2) is 0 Å². The number of carbonyl (C=O) groups excluding carboxylic acids is 1. The summed E-state index contributed by atoms with van der Waals surface area (Å²) in [6, 6.07) is 10.2. The van der Waals surface area contributed by atoms with E-state index in [4.69, 9.17) is 18.6 Å². The molecule has 0 saturated carbocycles. The number of fused-ring (bicyclic) bond motifs is 1. The van der Waals surface area contributed by atoms with Crippen molar-refractivity contribution in [2.24, 2.45) is 0 Å². The highest BCUT2D eigenvalue weighted by atomic mass is 16.7. The number of ether oxygens (including phenoxy) is 3. The lowest BCUT2D eigenvalue weighted by Crippen LogP contribution is -2.10. The highest BCUT2D eigenvalue weighted by Crippen LogP contribution is 2.27. The number of carbonyl (C=O) groups is 1. The molecule has 0 saturated heterocycles. The van der Waals surface area contributed by atoms with E-state index in [-0.39, 0.29) is 29.1 Å². The molecule has 0 unspecified atom stereocenters. The second-order valence-electron chi connectivity index (χ2n) is 5.91. The molecule has 0 atom stereocenters. The van der Waals surface area contributed by atoms with Crippen LogP contribution in [-0.2, 0) is 4.74 Å². The standard InChI is InChI=1S/C21H18O6/c1-4-9-24-21(23)26-15-7-8-16-18(11-15)25-12-19(20(16)22)27-17-10-13(2)5-6-14(17)3/h4-8,10-12H,1,9H2,2-3H3. The summed E-state index contributed by atoms with van der Waals surface area (Å²) in [5.74, 6) is 0.865. The average Bonchev–Trinajstić information content (AvgIpc) is 2.65. The average molecular weight is 366 g/mol. The summed E-state index contributed by atoms with van der Waals surface area (Å²) in [5, 5.41) is 0.310. The lowest BCUT2D eigenvalue weighted by Gasteiger charge is -2.09. The van der Waals surface area contributed by atoms with Gasteiger partial charge in [0, 0.05) is 6.07 Å². The Kier molecular flexibility index (Phi) is 5.26. The van der Waals surface area contributed by atoms with Gasteiger partial charge in [-0.1, -0.05) is 24.8 Å². The molecule has 0 fully saturated rings. The van der Waals surface area contributed by atoms with Gasteiger partial charge in [0.1, 0.15) is 30.0 Å². The Bertz CT molecular complexity index is 1060. The highest BCUT2D eigenvalue weighted by molar-refractivity contribution is 5.80. The highest BCUT2D eigenvalue weighted by Gasteiger charge is 2.13. The predicted molar refractivity (Wildman–Crippen MR) is 101 cm³/mol. The molecule has 6 nitrogen and oxygen atoms in total. The fourth-order valence-electron chi connectivity index (χ4n) is 2.41. The molecule has 27 heavy (non-hydrogen) atoms. The smallest absolute Gasteiger partial charge is 0.460 e. The molecular weight excluding hydrogens is 348 g/mol. The van der Waals surface area contributed by atoms with Gasteiger partial charge in [0.2, 0.25) is 11.2 Å². The zero-order valence-corrected chi connectivity index (χ0v) is 15.0. The maximum absolute atomic E-state index is 12.7. The summed E-state index contributed by atoms with van der Waals surface area (Å²) in [4.78, 5) is 24.2. The van der Waals surface area contributed by atoms with Crippen LogP contribution in [0, 0.1) is 13.8 Å². The molecule has 1 heterocycles. The third-order valence-electron chi connectivity index (χ3n) is 3.80. The van der Waals surface area contributed by atoms with Crippen molar-refractivity contribution in [3.05, 3.63) is 76.7 Å². The Balaban J connectivity index is 1.88. The van der Waals surface area contributed by atoms with Crippen molar-refractivity contribution >= 4 is 17.1 Å². The monoisotopic (exact) mass is 366 g/mol. The second kappa shape index (κ2) is 7.78. The Morgan fingerprint density at radius 2 is 1.96 bits per heavy atom. The summed E-state index contributed by atoms with van der Waals surface area (Å²) >= 11 is 0. The lowest BCUT2D eigenvalue weighted by atomic mass is 10.1. The van der Waals surface area contributed by atoms with E-state index in [0.717, 1.165) is 11.1 Å². The van der Waals surface area contributed by atoms with Gasteiger partial charge in [-0.2, -0.15) is 0 Å². The first-order valence-electron chi connectivity index (χ1n) is 8.24. The molecule has 0 spiro atoms. The molecule has 3 rings (SSSR count). The van der Waals surface area contributed by atoms with Gasteiger partial charge in [0.25, 0.3) is 0 Å². The topological polar surface area (TPSA) is 75.0 Å². The van der Waals surface area contributed by atoms with E-state index >= 15 is 0 Å². The first-order chi connectivity index (χ1) is 13.0. The van der Waals surface area contributed by atoms with Crippen molar-refractivity contribution in [1.29, 1.82) is 0 Å². The van der Waals surface area contributed by atoms with Crippen LogP contribution in [0.1, 0.15) is 11.1 Å². The number of hydrogen-bond donors (Lipinski definition) is 0. The Morgan fingerprint density at radius 1 is 1.15 bits per heavy atom. The minimum Gasteiger partial charge on any atom is -0.460 e. The van der Waals surface area contributed by atoms with Crippen molar-refractivity contribution < 1.29 is 23.4 Å². The maximum Gasteiger partial charge on any atom is 0.514 e. The molecule has 2 aromatic carbocycles. The predicted octanol–water partition coefficient (Wildman–Crippen LogP) is 4.90. The van der Waals surface area contributed by atoms with E-state index in [1.54, 1.807) is 0 Å². The van der Waals surface area contributed by atoms with Crippen molar-refractivity contribution in [3.8, 4) is 17.2 Å². The third kappa shape index (κ3) is 4.17. The van der Waals surface area contributed by atoms with Gasteiger partial charge < -0.3 is 18.6 Å². The van der Waals surface area contributed by atoms with Crippen LogP contribution in [0.4, 0.5) is 4.79 Å². The summed E-state index contributed by atoms with van der Waals surface area (Å²) < 4.78 is 21.0. The molecule has 0 N–H and O–H groups in total. The van der Waals surface area contributed by atoms with Crippen molar-refractivity contribution in [1.82, 2.24) is 0 Å². The van der Waals surface area contributed by atoms with Gasteiger partial charge in [-0.05, 0) is 43.2 Å². The molecule has 6 heteroatoms. The fourth-order valence-corrected chi connectivity index (χ4v) is 2.41. The Hall–Kier alpha value is -3.54. The van der Waals surface area contributed by atoms with E-state index in [2.05, 4.69) is 6.58 Å². The molecule has 0 radical (unpaired) electrons. The molecule has 0 amide bonds. The normalized spacial score (nSPS) is 10.4. The van der Waals surface area contributed by atoms with E-state index in [1.807, 2.05) is 32.0 Å². The molecule has 0 aliphatic carbocycles. The van der Waals surface area contributed by atoms with Crippen LogP contribution in [0.25, 0.3) is 11.0 Å². The van der Waals surface area contributed by atoms with E-state index in [0.29, 0.717) is 11.1 Å². The van der Waals surface area contributed by atoms with Gasteiger partial charge in [-0.25, -0.2) is 4.79 Å². The van der Waals surface area contributed by atoms with Crippen LogP contribution in [0.15, 0.2) is 64.5 Å². The second-order valence-corrected chi connectivity index (χ2v) is 5.91. The van der Waals surface area contributed by atoms with E-state index in [9.17, 15) is 9.59 Å². The largest absolute Gasteiger partial charge is 0.514 e. The molecule has 0 aliphatic rings. The summed E-state index contributed by atoms with van der Waals surface area (Å²) in [6.07, 6.45) is 1.80. The first-order valence-corrected chi connectivity index (χ1v) is 8.24. The lowest BCUT2D eigenvalue weighted by molar-refractivity contribution is 0.109. The third-order valence-corrected chi connectivity index (χ3v) is 3.80. The molecular formula is C21H18O6. The van der Waals surface area contributed by atoms with Gasteiger partial charge >= 0.3 is 6.16 Å². The minimum atomic E-state index is -0.869. The molecule has 1 aromatic heterocycles. The van der Waals surface area contributed by atoms with Crippen LogP contribution in [0.2, 0.25) is 0 Å². The van der Waals surface area contributed by atoms with E-state index < -0.39 is 6.16 Å². The number of rotatable bonds is 5. The maximum atomic E-state index is 12.7.